The van der Waals surface area contributed by atoms with Crippen molar-refractivity contribution in [1.82, 2.24) is 20.4 Å². The first kappa shape index (κ1) is 26.6. The van der Waals surface area contributed by atoms with Crippen LogP contribution in [0.15, 0.2) is 36.4 Å². The van der Waals surface area contributed by atoms with E-state index < -0.39 is 0 Å². The van der Waals surface area contributed by atoms with Gasteiger partial charge in [-0.2, -0.15) is 0 Å². The Balaban J connectivity index is 0.925. The second-order valence-corrected chi connectivity index (χ2v) is 12.3. The molecular formula is C28H26N6O6S2. The van der Waals surface area contributed by atoms with E-state index in [0.29, 0.717) is 33.3 Å². The zero-order valence-corrected chi connectivity index (χ0v) is 24.0. The largest absolute Gasteiger partial charge is 0.454 e. The Morgan fingerprint density at radius 2 is 1.17 bits per heavy atom. The SMILES string of the molecule is O=C(Cc1ccc2c(c1)OCO2)Nc1nnc(C2CCCC(c3nnc(NC(=O)Cc4ccc5c(c4)OCO5)s3)C2)s1. The number of fused-ring (bicyclic) bond motifs is 2. The summed E-state index contributed by atoms with van der Waals surface area (Å²) in [6, 6.07) is 11.0. The highest BCUT2D eigenvalue weighted by atomic mass is 32.1. The highest BCUT2D eigenvalue weighted by Crippen LogP contribution is 2.43. The van der Waals surface area contributed by atoms with Gasteiger partial charge in [-0.05, 0) is 54.7 Å². The minimum Gasteiger partial charge on any atom is -0.454 e. The number of nitrogens with one attached hydrogen (secondary N) is 2. The van der Waals surface area contributed by atoms with Gasteiger partial charge in [0.2, 0.25) is 35.7 Å². The summed E-state index contributed by atoms with van der Waals surface area (Å²) < 4.78 is 21.4. The van der Waals surface area contributed by atoms with Crippen molar-refractivity contribution in [2.75, 3.05) is 24.2 Å². The van der Waals surface area contributed by atoms with E-state index in [9.17, 15) is 9.59 Å². The molecule has 0 radical (unpaired) electrons. The maximum absolute atomic E-state index is 12.6. The Labute approximate surface area is 248 Å². The van der Waals surface area contributed by atoms with Crippen LogP contribution in [0.1, 0.15) is 58.7 Å². The molecule has 0 bridgehead atoms. The van der Waals surface area contributed by atoms with Crippen LogP contribution in [0.5, 0.6) is 23.0 Å². The summed E-state index contributed by atoms with van der Waals surface area (Å²) in [5, 5.41) is 25.8. The van der Waals surface area contributed by atoms with Crippen LogP contribution in [0.4, 0.5) is 10.3 Å². The quantitative estimate of drug-likeness (QED) is 0.291. The first-order chi connectivity index (χ1) is 20.6. The monoisotopic (exact) mass is 606 g/mol. The van der Waals surface area contributed by atoms with Gasteiger partial charge in [-0.3, -0.25) is 9.59 Å². The number of carbonyl (C=O) groups excluding carboxylic acids is 2. The van der Waals surface area contributed by atoms with Crippen molar-refractivity contribution >= 4 is 44.8 Å². The average molecular weight is 607 g/mol. The van der Waals surface area contributed by atoms with Crippen LogP contribution in [0.3, 0.4) is 0 Å². The van der Waals surface area contributed by atoms with E-state index in [1.165, 1.54) is 22.7 Å². The van der Waals surface area contributed by atoms with Crippen molar-refractivity contribution in [1.29, 1.82) is 0 Å². The lowest BCUT2D eigenvalue weighted by Gasteiger charge is -2.25. The van der Waals surface area contributed by atoms with Gasteiger partial charge in [0.05, 0.1) is 12.8 Å². The molecule has 3 aliphatic rings. The van der Waals surface area contributed by atoms with Crippen molar-refractivity contribution in [2.45, 2.75) is 50.4 Å². The van der Waals surface area contributed by atoms with E-state index in [-0.39, 0.29) is 50.1 Å². The van der Waals surface area contributed by atoms with Gasteiger partial charge in [0.15, 0.2) is 23.0 Å². The van der Waals surface area contributed by atoms with E-state index in [0.717, 1.165) is 46.8 Å². The molecule has 2 atom stereocenters. The minimum absolute atomic E-state index is 0.167. The van der Waals surface area contributed by atoms with Gasteiger partial charge >= 0.3 is 0 Å². The molecule has 7 rings (SSSR count). The Kier molecular flexibility index (Phi) is 7.30. The third-order valence-electron chi connectivity index (χ3n) is 7.35. The van der Waals surface area contributed by atoms with E-state index in [4.69, 9.17) is 18.9 Å². The lowest BCUT2D eigenvalue weighted by molar-refractivity contribution is -0.116. The lowest BCUT2D eigenvalue weighted by atomic mass is 9.82. The zero-order chi connectivity index (χ0) is 28.5. The molecule has 2 unspecified atom stereocenters. The topological polar surface area (TPSA) is 147 Å². The third kappa shape index (κ3) is 5.85. The van der Waals surface area contributed by atoms with E-state index in [2.05, 4.69) is 31.0 Å². The number of hydrogen-bond acceptors (Lipinski definition) is 12. The van der Waals surface area contributed by atoms with Crippen LogP contribution in [0, 0.1) is 0 Å². The number of rotatable bonds is 8. The highest BCUT2D eigenvalue weighted by molar-refractivity contribution is 7.15. The number of aromatic nitrogens is 4. The van der Waals surface area contributed by atoms with E-state index in [1.807, 2.05) is 36.4 Å². The van der Waals surface area contributed by atoms with Gasteiger partial charge in [-0.15, -0.1) is 20.4 Å². The molecule has 2 N–H and O–H groups in total. The maximum atomic E-state index is 12.6. The van der Waals surface area contributed by atoms with Gasteiger partial charge in [-0.25, -0.2) is 0 Å². The molecule has 12 nitrogen and oxygen atoms in total. The molecule has 42 heavy (non-hydrogen) atoms. The summed E-state index contributed by atoms with van der Waals surface area (Å²) in [5.74, 6) is 2.77. The predicted octanol–water partition coefficient (Wildman–Crippen LogP) is 4.65. The van der Waals surface area contributed by atoms with Crippen LogP contribution in [0.2, 0.25) is 0 Å². The molecule has 2 aliphatic heterocycles. The molecule has 0 saturated heterocycles. The zero-order valence-electron chi connectivity index (χ0n) is 22.3. The molecule has 2 aromatic heterocycles. The second-order valence-electron chi connectivity index (χ2n) is 10.3. The van der Waals surface area contributed by atoms with Crippen molar-refractivity contribution in [3.05, 3.63) is 57.5 Å². The average Bonchev–Trinajstić information content (AvgIpc) is 3.80. The maximum Gasteiger partial charge on any atom is 0.231 e. The summed E-state index contributed by atoms with van der Waals surface area (Å²) >= 11 is 2.82. The Bertz CT molecular complexity index is 1520. The molecule has 2 amide bonds. The predicted molar refractivity (Wildman–Crippen MR) is 154 cm³/mol. The van der Waals surface area contributed by atoms with Gasteiger partial charge in [0, 0.05) is 11.8 Å². The lowest BCUT2D eigenvalue weighted by Crippen LogP contribution is -2.14. The van der Waals surface area contributed by atoms with Gasteiger partial charge in [0.1, 0.15) is 10.0 Å². The highest BCUT2D eigenvalue weighted by Gasteiger charge is 2.29. The number of amides is 2. The number of nitrogens with zero attached hydrogens (tertiary/aromatic N) is 4. The van der Waals surface area contributed by atoms with Crippen LogP contribution >= 0.6 is 22.7 Å². The molecule has 14 heteroatoms. The Morgan fingerprint density at radius 1 is 0.690 bits per heavy atom. The fraction of sp³-hybridized carbons (Fsp3) is 0.357. The summed E-state index contributed by atoms with van der Waals surface area (Å²) in [5.41, 5.74) is 1.66. The third-order valence-corrected chi connectivity index (χ3v) is 9.35. The van der Waals surface area contributed by atoms with Gasteiger partial charge in [-0.1, -0.05) is 41.2 Å². The van der Waals surface area contributed by atoms with Crippen LogP contribution in [-0.2, 0) is 22.4 Å². The van der Waals surface area contributed by atoms with Crippen molar-refractivity contribution in [3.63, 3.8) is 0 Å². The van der Waals surface area contributed by atoms with E-state index >= 15 is 0 Å². The molecule has 1 saturated carbocycles. The first-order valence-electron chi connectivity index (χ1n) is 13.6. The number of benzene rings is 2. The first-order valence-corrected chi connectivity index (χ1v) is 15.2. The molecule has 1 aliphatic carbocycles. The fourth-order valence-electron chi connectivity index (χ4n) is 5.34. The number of carbonyl (C=O) groups is 2. The molecule has 4 heterocycles. The van der Waals surface area contributed by atoms with Crippen LogP contribution in [0.25, 0.3) is 0 Å². The summed E-state index contributed by atoms with van der Waals surface area (Å²) in [6.45, 7) is 0.390. The molecule has 2 aromatic carbocycles. The van der Waals surface area contributed by atoms with Crippen LogP contribution in [-0.4, -0.2) is 45.8 Å². The summed E-state index contributed by atoms with van der Waals surface area (Å²) in [7, 11) is 0. The van der Waals surface area contributed by atoms with Crippen LogP contribution < -0.4 is 29.6 Å². The molecule has 216 valence electrons. The standard InChI is InChI=1S/C28H26N6O6S2/c35-23(10-15-4-6-19-21(8-15)39-13-37-19)29-27-33-31-25(41-27)17-2-1-3-18(12-17)26-32-34-28(42-26)30-24(36)11-16-5-7-20-22(9-16)40-14-38-20/h4-9,17-18H,1-3,10-14H2,(H,29,33,35)(H,30,34,36). The summed E-state index contributed by atoms with van der Waals surface area (Å²) in [4.78, 5) is 25.3. The molecule has 1 fully saturated rings. The van der Waals surface area contributed by atoms with Gasteiger partial charge < -0.3 is 29.6 Å². The number of ether oxygens (including phenoxy) is 4. The number of hydrogen-bond donors (Lipinski definition) is 2. The molecular weight excluding hydrogens is 580 g/mol. The smallest absolute Gasteiger partial charge is 0.231 e. The number of anilines is 2. The summed E-state index contributed by atoms with van der Waals surface area (Å²) in [6.07, 6.45) is 4.27. The van der Waals surface area contributed by atoms with Crippen molar-refractivity contribution < 1.29 is 28.5 Å². The Morgan fingerprint density at radius 3 is 1.67 bits per heavy atom. The van der Waals surface area contributed by atoms with Gasteiger partial charge in [0.25, 0.3) is 0 Å². The van der Waals surface area contributed by atoms with Crippen molar-refractivity contribution in [3.8, 4) is 23.0 Å². The normalized spacial score (nSPS) is 18.6. The minimum atomic E-state index is -0.167. The second kappa shape index (κ2) is 11.5. The Hall–Kier alpha value is -4.30. The molecule has 0 spiro atoms. The fourth-order valence-corrected chi connectivity index (χ4v) is 7.15. The molecule has 4 aromatic rings. The van der Waals surface area contributed by atoms with E-state index in [1.54, 1.807) is 0 Å². The van der Waals surface area contributed by atoms with Crippen molar-refractivity contribution in [2.24, 2.45) is 0 Å².